The highest BCUT2D eigenvalue weighted by Crippen LogP contribution is 2.20. The second-order valence-corrected chi connectivity index (χ2v) is 5.20. The van der Waals surface area contributed by atoms with Crippen molar-refractivity contribution >= 4 is 52.4 Å². The zero-order valence-corrected chi connectivity index (χ0v) is 14.4. The average Bonchev–Trinajstić information content (AvgIpc) is 2.97. The molecule has 0 spiro atoms. The number of halogens is 2. The number of aliphatic imine (C=N–C) groups is 1. The van der Waals surface area contributed by atoms with Gasteiger partial charge in [0.2, 0.25) is 0 Å². The summed E-state index contributed by atoms with van der Waals surface area (Å²) in [7, 11) is 2.06. The van der Waals surface area contributed by atoms with Gasteiger partial charge in [0.1, 0.15) is 0 Å². The fraction of sp³-hybridized carbons (Fsp3) is 0.357. The molecule has 1 aliphatic heterocycles. The van der Waals surface area contributed by atoms with E-state index >= 15 is 0 Å². The van der Waals surface area contributed by atoms with Gasteiger partial charge in [-0.2, -0.15) is 0 Å². The number of rotatable bonds is 3. The van der Waals surface area contributed by atoms with Gasteiger partial charge in [-0.3, -0.25) is 4.99 Å². The Morgan fingerprint density at radius 1 is 1.35 bits per heavy atom. The lowest BCUT2D eigenvalue weighted by molar-refractivity contribution is 0.529. The number of aromatic nitrogens is 1. The van der Waals surface area contributed by atoms with Crippen molar-refractivity contribution in [3.8, 4) is 0 Å². The summed E-state index contributed by atoms with van der Waals surface area (Å²) in [5.41, 5.74) is 1.22. The first-order valence-corrected chi connectivity index (χ1v) is 6.86. The SMILES string of the molecule is CN1CCN=C1NCCn1ccc2cc(Cl)ccc21.I. The number of nitrogens with zero attached hydrogens (tertiary/aromatic N) is 3. The summed E-state index contributed by atoms with van der Waals surface area (Å²) >= 11 is 5.99. The molecule has 0 amide bonds. The van der Waals surface area contributed by atoms with E-state index in [2.05, 4.69) is 45.2 Å². The van der Waals surface area contributed by atoms with Crippen molar-refractivity contribution in [2.75, 3.05) is 26.7 Å². The molecule has 4 nitrogen and oxygen atoms in total. The maximum absolute atomic E-state index is 5.99. The smallest absolute Gasteiger partial charge is 0.193 e. The molecule has 6 heteroatoms. The summed E-state index contributed by atoms with van der Waals surface area (Å²) in [6.07, 6.45) is 2.10. The number of nitrogens with one attached hydrogen (secondary N) is 1. The molecule has 108 valence electrons. The minimum Gasteiger partial charge on any atom is -0.354 e. The van der Waals surface area contributed by atoms with Gasteiger partial charge >= 0.3 is 0 Å². The Kier molecular flexibility index (Phi) is 5.15. The summed E-state index contributed by atoms with van der Waals surface area (Å²) in [4.78, 5) is 6.56. The van der Waals surface area contributed by atoms with Gasteiger partial charge in [0.05, 0.1) is 6.54 Å². The molecule has 0 atom stereocenters. The first kappa shape index (κ1) is 15.4. The maximum atomic E-state index is 5.99. The van der Waals surface area contributed by atoms with Crippen LogP contribution in [-0.4, -0.2) is 42.1 Å². The van der Waals surface area contributed by atoms with E-state index in [4.69, 9.17) is 11.6 Å². The molecule has 3 rings (SSSR count). The number of hydrogen-bond acceptors (Lipinski definition) is 3. The Labute approximate surface area is 140 Å². The van der Waals surface area contributed by atoms with E-state index in [1.807, 2.05) is 12.1 Å². The second kappa shape index (κ2) is 6.67. The number of likely N-dealkylation sites (N-methyl/N-ethyl adjacent to an activating group) is 1. The normalized spacial score (nSPS) is 14.3. The lowest BCUT2D eigenvalue weighted by atomic mass is 10.2. The lowest BCUT2D eigenvalue weighted by Crippen LogP contribution is -2.37. The Bertz CT molecular complexity index is 623. The van der Waals surface area contributed by atoms with Gasteiger partial charge in [0.25, 0.3) is 0 Å². The molecule has 20 heavy (non-hydrogen) atoms. The molecule has 0 aliphatic carbocycles. The number of guanidine groups is 1. The quantitative estimate of drug-likeness (QED) is 0.798. The molecule has 0 saturated carbocycles. The van der Waals surface area contributed by atoms with Crippen molar-refractivity contribution in [1.82, 2.24) is 14.8 Å². The maximum Gasteiger partial charge on any atom is 0.193 e. The number of fused-ring (bicyclic) bond motifs is 1. The third-order valence-corrected chi connectivity index (χ3v) is 3.66. The first-order valence-electron chi connectivity index (χ1n) is 6.48. The predicted octanol–water partition coefficient (Wildman–Crippen LogP) is 2.80. The van der Waals surface area contributed by atoms with Crippen LogP contribution in [0.2, 0.25) is 5.02 Å². The molecule has 2 aromatic rings. The van der Waals surface area contributed by atoms with E-state index < -0.39 is 0 Å². The van der Waals surface area contributed by atoms with Crippen LogP contribution in [-0.2, 0) is 6.54 Å². The van der Waals surface area contributed by atoms with Crippen molar-refractivity contribution < 1.29 is 0 Å². The molecule has 0 radical (unpaired) electrons. The van der Waals surface area contributed by atoms with E-state index in [1.54, 1.807) is 0 Å². The predicted molar refractivity (Wildman–Crippen MR) is 95.3 cm³/mol. The second-order valence-electron chi connectivity index (χ2n) is 4.77. The largest absolute Gasteiger partial charge is 0.354 e. The minimum absolute atomic E-state index is 0. The Morgan fingerprint density at radius 3 is 2.95 bits per heavy atom. The summed E-state index contributed by atoms with van der Waals surface area (Å²) in [6.45, 7) is 3.69. The van der Waals surface area contributed by atoms with Gasteiger partial charge in [-0.25, -0.2) is 0 Å². The van der Waals surface area contributed by atoms with E-state index in [0.717, 1.165) is 37.2 Å². The fourth-order valence-corrected chi connectivity index (χ4v) is 2.56. The van der Waals surface area contributed by atoms with Gasteiger partial charge < -0.3 is 14.8 Å². The zero-order valence-electron chi connectivity index (χ0n) is 11.3. The molecule has 1 aliphatic rings. The van der Waals surface area contributed by atoms with Crippen LogP contribution in [0.1, 0.15) is 0 Å². The standard InChI is InChI=1S/C14H17ClN4.HI/c1-18-8-5-16-14(18)17-6-9-19-7-4-11-10-12(15)2-3-13(11)19;/h2-4,7,10H,5-6,8-9H2,1H3,(H,16,17);1H. The zero-order chi connectivity index (χ0) is 13.2. The van der Waals surface area contributed by atoms with Crippen molar-refractivity contribution in [3.05, 3.63) is 35.5 Å². The molecule has 0 fully saturated rings. The summed E-state index contributed by atoms with van der Waals surface area (Å²) in [5.74, 6) is 1.000. The van der Waals surface area contributed by atoms with Crippen molar-refractivity contribution in [2.24, 2.45) is 4.99 Å². The van der Waals surface area contributed by atoms with Crippen LogP contribution in [0.15, 0.2) is 35.5 Å². The van der Waals surface area contributed by atoms with Crippen LogP contribution >= 0.6 is 35.6 Å². The Hall–Kier alpha value is -0.950. The van der Waals surface area contributed by atoms with Crippen LogP contribution in [0.3, 0.4) is 0 Å². The average molecular weight is 405 g/mol. The van der Waals surface area contributed by atoms with Gasteiger partial charge in [0, 0.05) is 48.8 Å². The van der Waals surface area contributed by atoms with Crippen LogP contribution < -0.4 is 5.32 Å². The van der Waals surface area contributed by atoms with Gasteiger partial charge in [-0.15, -0.1) is 24.0 Å². The highest BCUT2D eigenvalue weighted by molar-refractivity contribution is 14.0. The van der Waals surface area contributed by atoms with Crippen LogP contribution in [0.4, 0.5) is 0 Å². The van der Waals surface area contributed by atoms with Crippen LogP contribution in [0.5, 0.6) is 0 Å². The van der Waals surface area contributed by atoms with Gasteiger partial charge in [-0.05, 0) is 24.3 Å². The summed E-state index contributed by atoms with van der Waals surface area (Å²) in [6, 6.07) is 8.09. The van der Waals surface area contributed by atoms with Crippen LogP contribution in [0, 0.1) is 0 Å². The molecule has 1 N–H and O–H groups in total. The van der Waals surface area contributed by atoms with Gasteiger partial charge in [0.15, 0.2) is 5.96 Å². The third kappa shape index (κ3) is 3.20. The van der Waals surface area contributed by atoms with E-state index in [-0.39, 0.29) is 24.0 Å². The monoisotopic (exact) mass is 404 g/mol. The lowest BCUT2D eigenvalue weighted by Gasteiger charge is -2.15. The number of benzene rings is 1. The van der Waals surface area contributed by atoms with Gasteiger partial charge in [-0.1, -0.05) is 11.6 Å². The molecule has 1 aromatic heterocycles. The van der Waals surface area contributed by atoms with Crippen molar-refractivity contribution in [2.45, 2.75) is 6.54 Å². The third-order valence-electron chi connectivity index (χ3n) is 3.43. The molecule has 0 bridgehead atoms. The first-order chi connectivity index (χ1) is 9.24. The molecular weight excluding hydrogens is 387 g/mol. The van der Waals surface area contributed by atoms with E-state index in [9.17, 15) is 0 Å². The molecule has 1 aromatic carbocycles. The molecular formula is C14H18ClIN4. The summed E-state index contributed by atoms with van der Waals surface area (Å²) < 4.78 is 2.23. The Balaban J connectivity index is 0.00000147. The van der Waals surface area contributed by atoms with E-state index in [0.29, 0.717) is 0 Å². The number of hydrogen-bond donors (Lipinski definition) is 1. The highest BCUT2D eigenvalue weighted by Gasteiger charge is 2.11. The Morgan fingerprint density at radius 2 is 2.20 bits per heavy atom. The highest BCUT2D eigenvalue weighted by atomic mass is 127. The molecule has 0 saturated heterocycles. The van der Waals surface area contributed by atoms with E-state index in [1.165, 1.54) is 10.9 Å². The topological polar surface area (TPSA) is 32.6 Å². The van der Waals surface area contributed by atoms with Crippen molar-refractivity contribution in [1.29, 1.82) is 0 Å². The van der Waals surface area contributed by atoms with Crippen LogP contribution in [0.25, 0.3) is 10.9 Å². The van der Waals surface area contributed by atoms with Crippen molar-refractivity contribution in [3.63, 3.8) is 0 Å². The minimum atomic E-state index is 0. The molecule has 0 unspecified atom stereocenters. The molecule has 2 heterocycles. The summed E-state index contributed by atoms with van der Waals surface area (Å²) in [5, 5.41) is 5.34. The fourth-order valence-electron chi connectivity index (χ4n) is 2.38.